The van der Waals surface area contributed by atoms with Crippen molar-refractivity contribution in [2.75, 3.05) is 0 Å². The zero-order valence-electron chi connectivity index (χ0n) is 61.6. The maximum atomic E-state index is 8.84. The molecule has 95 heavy (non-hydrogen) atoms. The quantitative estimate of drug-likeness (QED) is 0.157. The molecule has 0 spiro atoms. The number of fused-ring (bicyclic) bond motifs is 20. The van der Waals surface area contributed by atoms with Gasteiger partial charge in [0.25, 0.3) is 0 Å². The van der Waals surface area contributed by atoms with Crippen molar-refractivity contribution in [3.8, 4) is 73.8 Å². The molecular formula is C84H61ClN10. The van der Waals surface area contributed by atoms with Gasteiger partial charge >= 0.3 is 0 Å². The van der Waals surface area contributed by atoms with Crippen LogP contribution in [0.15, 0.2) is 267 Å². The molecule has 11 heteroatoms. The first-order valence-corrected chi connectivity index (χ1v) is 31.7. The summed E-state index contributed by atoms with van der Waals surface area (Å²) in [6.07, 6.45) is 0. The van der Waals surface area contributed by atoms with Gasteiger partial charge in [-0.3, -0.25) is 4.57 Å². The fraction of sp³-hybridized carbons (Fsp3) is 0.0714. The third-order valence-corrected chi connectivity index (χ3v) is 19.2. The van der Waals surface area contributed by atoms with Crippen molar-refractivity contribution in [1.82, 2.24) is 49.4 Å². The van der Waals surface area contributed by atoms with Crippen molar-refractivity contribution in [3.63, 3.8) is 0 Å². The van der Waals surface area contributed by atoms with Gasteiger partial charge in [0.05, 0.1) is 35.8 Å². The number of nitrogens with one attached hydrogen (secondary N) is 3. The van der Waals surface area contributed by atoms with Crippen molar-refractivity contribution in [2.24, 2.45) is 0 Å². The Bertz CT molecular complexity index is 6740. The average Bonchev–Trinajstić information content (AvgIpc) is 1.56. The molecular weight excluding hydrogens is 1180 g/mol. The average molecular weight is 1260 g/mol. The molecule has 2 aliphatic rings. The topological polar surface area (TPSA) is 130 Å². The van der Waals surface area contributed by atoms with Gasteiger partial charge in [-0.15, -0.1) is 0 Å². The number of hydrogen-bond acceptors (Lipinski definition) is 6. The van der Waals surface area contributed by atoms with E-state index < -0.39 is 36.3 Å². The third-order valence-electron chi connectivity index (χ3n) is 19.0. The van der Waals surface area contributed by atoms with Crippen LogP contribution in [0.3, 0.4) is 0 Å². The van der Waals surface area contributed by atoms with Crippen molar-refractivity contribution < 1.29 is 15.1 Å². The Morgan fingerprint density at radius 2 is 0.779 bits per heavy atom. The molecule has 0 fully saturated rings. The van der Waals surface area contributed by atoms with Crippen LogP contribution < -0.4 is 0 Å². The highest BCUT2D eigenvalue weighted by Crippen LogP contribution is 2.51. The molecule has 10 nitrogen and oxygen atoms in total. The number of rotatable bonds is 5. The molecule has 0 radical (unpaired) electrons. The van der Waals surface area contributed by atoms with Crippen LogP contribution in [0.2, 0.25) is 5.28 Å². The maximum Gasteiger partial charge on any atom is 0.238 e. The molecule has 0 unspecified atom stereocenters. The number of aromatic amines is 3. The van der Waals surface area contributed by atoms with E-state index in [9.17, 15) is 0 Å². The number of H-pyrrole nitrogens is 3. The lowest BCUT2D eigenvalue weighted by Gasteiger charge is -2.21. The third kappa shape index (κ3) is 9.00. The van der Waals surface area contributed by atoms with Crippen molar-refractivity contribution in [2.45, 2.75) is 38.5 Å². The van der Waals surface area contributed by atoms with E-state index >= 15 is 0 Å². The van der Waals surface area contributed by atoms with E-state index in [2.05, 4.69) is 197 Å². The van der Waals surface area contributed by atoms with Gasteiger partial charge < -0.3 is 15.0 Å². The van der Waals surface area contributed by atoms with E-state index in [-0.39, 0.29) is 76.3 Å². The van der Waals surface area contributed by atoms with Crippen LogP contribution in [-0.4, -0.2) is 49.4 Å². The van der Waals surface area contributed by atoms with Crippen LogP contribution >= 0.6 is 11.6 Å². The normalized spacial score (nSPS) is 14.7. The number of benzene rings is 12. The van der Waals surface area contributed by atoms with Gasteiger partial charge in [-0.25, -0.2) is 9.97 Å². The van der Waals surface area contributed by atoms with Gasteiger partial charge in [-0.1, -0.05) is 246 Å². The summed E-state index contributed by atoms with van der Waals surface area (Å²) in [5.41, 5.74) is 18.7. The molecule has 20 rings (SSSR count). The summed E-state index contributed by atoms with van der Waals surface area (Å²) < 4.78 is 84.9. The van der Waals surface area contributed by atoms with Crippen LogP contribution in [0.4, 0.5) is 0 Å². The predicted molar refractivity (Wildman–Crippen MR) is 393 cm³/mol. The van der Waals surface area contributed by atoms with E-state index in [1.165, 1.54) is 65.9 Å². The molecule has 0 atom stereocenters. The van der Waals surface area contributed by atoms with Gasteiger partial charge in [0.1, 0.15) is 0 Å². The largest absolute Gasteiger partial charge is 0.354 e. The molecule has 12 aromatic carbocycles. The maximum absolute atomic E-state index is 8.84. The Morgan fingerprint density at radius 3 is 1.35 bits per heavy atom. The van der Waals surface area contributed by atoms with E-state index in [4.69, 9.17) is 40.3 Å². The Morgan fingerprint density at radius 1 is 0.347 bits per heavy atom. The van der Waals surface area contributed by atoms with Gasteiger partial charge in [-0.05, 0) is 105 Å². The molecule has 3 N–H and O–H groups in total. The lowest BCUT2D eigenvalue weighted by atomic mass is 9.82. The van der Waals surface area contributed by atoms with Crippen molar-refractivity contribution in [1.29, 1.82) is 0 Å². The molecule has 0 bridgehead atoms. The van der Waals surface area contributed by atoms with Crippen molar-refractivity contribution in [3.05, 3.63) is 294 Å². The monoisotopic (exact) mass is 1250 g/mol. The zero-order chi connectivity index (χ0) is 72.4. The zero-order valence-corrected chi connectivity index (χ0v) is 52.4. The van der Waals surface area contributed by atoms with Crippen LogP contribution in [0.25, 0.3) is 161 Å². The van der Waals surface area contributed by atoms with Gasteiger partial charge in [0, 0.05) is 99.7 Å². The molecule has 6 aromatic heterocycles. The second-order valence-corrected chi connectivity index (χ2v) is 25.4. The predicted octanol–water partition coefficient (Wildman–Crippen LogP) is 21.6. The van der Waals surface area contributed by atoms with Gasteiger partial charge in [0.15, 0.2) is 23.3 Å². The fourth-order valence-corrected chi connectivity index (χ4v) is 14.7. The van der Waals surface area contributed by atoms with E-state index in [0.29, 0.717) is 11.4 Å². The molecule has 454 valence electrons. The lowest BCUT2D eigenvalue weighted by Crippen LogP contribution is -2.15. The standard InChI is InChI=1S/C42H29N5.C24H18ClN3.C18H12N2.H2/c1-42(2)32-17-9-6-14-27(32)28-21-20-26(24-33(28)42)40-44-39(25-12-4-3-5-13-25)45-41(46-40)47-35-19-11-8-16-31(35)37-36(47)23-22-30-29-15-7-10-18-34(29)43-38(30)37;1-24(2)19-11-7-6-10-17(19)18-13-12-16(14-20(18)24)22-26-21(27-23(25)28-22)15-8-4-3-5-9-15;1-3-7-14-11(5-1)12-9-10-16-17(18(12)20-14)13-6-2-4-8-15(13)19-16;/h3-24,43H,1-2H3;3-14H,1-2H3;1-10,19-20H;1H/i3D,4D,5D,12D,13D;3D,4D,5D,8D,9D;;. The Labute approximate surface area is 567 Å². The van der Waals surface area contributed by atoms with E-state index in [1.807, 2.05) is 71.3 Å². The minimum atomic E-state index is -0.477. The number of halogens is 1. The van der Waals surface area contributed by atoms with Crippen LogP contribution in [0.5, 0.6) is 0 Å². The smallest absolute Gasteiger partial charge is 0.238 e. The summed E-state index contributed by atoms with van der Waals surface area (Å²) in [5.74, 6) is 0.810. The summed E-state index contributed by atoms with van der Waals surface area (Å²) in [6, 6.07) is 66.4. The number of para-hydroxylation sites is 4. The molecule has 18 aromatic rings. The molecule has 0 amide bonds. The fourth-order valence-electron chi connectivity index (χ4n) is 14.6. The first-order valence-electron chi connectivity index (χ1n) is 36.3. The first kappa shape index (κ1) is 46.2. The number of nitrogens with zero attached hydrogens (tertiary/aromatic N) is 7. The highest BCUT2D eigenvalue weighted by molar-refractivity contribution is 6.28. The Kier molecular flexibility index (Phi) is 10.5. The van der Waals surface area contributed by atoms with Crippen LogP contribution in [-0.2, 0) is 10.8 Å². The Hall–Kier alpha value is -11.9. The molecule has 0 saturated carbocycles. The van der Waals surface area contributed by atoms with Crippen molar-refractivity contribution >= 4 is 98.8 Å². The van der Waals surface area contributed by atoms with E-state index in [1.54, 1.807) is 0 Å². The first-order chi connectivity index (χ1) is 50.7. The number of aromatic nitrogens is 10. The summed E-state index contributed by atoms with van der Waals surface area (Å²) in [7, 11) is 0. The second-order valence-electron chi connectivity index (χ2n) is 25.1. The SMILES string of the molecule is [2H]c1c([2H])c([2H])c(-c2nc(-c3ccc4c(c3)C(C)(C)c3ccccc3-4)nc(-n3c4ccccc4c4c5[nH]c6ccccc6c5ccc43)n2)c([2H])c1[2H].[2H]c1c([2H])c([2H])c(-c2nc(Cl)nc(-c3ccc4c(c3)C(C)(C)c3ccccc3-4)n2)c([2H])c1[2H].[HH].c1ccc2c(c1)[nH]c1c2ccc2[nH]c3ccccc3c21. The molecule has 0 aliphatic heterocycles. The van der Waals surface area contributed by atoms with E-state index in [0.717, 1.165) is 71.4 Å². The summed E-state index contributed by atoms with van der Waals surface area (Å²) in [6.45, 7) is 8.75. The van der Waals surface area contributed by atoms with Crippen LogP contribution in [0, 0.1) is 0 Å². The summed E-state index contributed by atoms with van der Waals surface area (Å²) in [5, 5.41) is 9.25. The Balaban J connectivity index is 0.000000130. The van der Waals surface area contributed by atoms with Gasteiger partial charge in [0.2, 0.25) is 11.2 Å². The van der Waals surface area contributed by atoms with Gasteiger partial charge in [-0.2, -0.15) is 19.9 Å². The minimum Gasteiger partial charge on any atom is -0.354 e. The minimum absolute atomic E-state index is 0. The van der Waals surface area contributed by atoms with Crippen LogP contribution in [0.1, 0.15) is 65.1 Å². The molecule has 2 aliphatic carbocycles. The lowest BCUT2D eigenvalue weighted by molar-refractivity contribution is 0.660. The number of hydrogen-bond donors (Lipinski definition) is 3. The highest BCUT2D eigenvalue weighted by atomic mass is 35.5. The molecule has 6 heterocycles. The summed E-state index contributed by atoms with van der Waals surface area (Å²) in [4.78, 5) is 38.4. The summed E-state index contributed by atoms with van der Waals surface area (Å²) >= 11 is 6.20. The highest BCUT2D eigenvalue weighted by Gasteiger charge is 2.37. The second kappa shape index (κ2) is 21.6. The molecule has 0 saturated heterocycles.